The molecule has 3 heterocycles. The third-order valence-corrected chi connectivity index (χ3v) is 2.82. The number of hydrogen-bond donors (Lipinski definition) is 3. The summed E-state index contributed by atoms with van der Waals surface area (Å²) in [5, 5.41) is 10.3. The highest BCUT2D eigenvalue weighted by atomic mass is 15.2. The van der Waals surface area contributed by atoms with Gasteiger partial charge in [-0.15, -0.1) is 0 Å². The van der Waals surface area contributed by atoms with Crippen LogP contribution in [0.4, 0.5) is 11.6 Å². The number of aromatic nitrogens is 5. The normalized spacial score (nSPS) is 10.8. The van der Waals surface area contributed by atoms with Crippen LogP contribution in [0.3, 0.4) is 0 Å². The van der Waals surface area contributed by atoms with Crippen LogP contribution in [0.2, 0.25) is 0 Å². The van der Waals surface area contributed by atoms with Gasteiger partial charge in [-0.25, -0.2) is 15.0 Å². The number of nitrogens with zero attached hydrogens (tertiary/aromatic N) is 4. The largest absolute Gasteiger partial charge is 0.384 e. The molecule has 0 aliphatic rings. The van der Waals surface area contributed by atoms with Crippen LogP contribution >= 0.6 is 0 Å². The van der Waals surface area contributed by atoms with Gasteiger partial charge in [0.05, 0.1) is 5.69 Å². The van der Waals surface area contributed by atoms with E-state index in [-0.39, 0.29) is 0 Å². The van der Waals surface area contributed by atoms with Crippen LogP contribution < -0.4 is 11.1 Å². The van der Waals surface area contributed by atoms with Crippen LogP contribution in [0.1, 0.15) is 11.3 Å². The smallest absolute Gasteiger partial charge is 0.158 e. The highest BCUT2D eigenvalue weighted by molar-refractivity contribution is 5.86. The molecular formula is C12H13N7. The fourth-order valence-electron chi connectivity index (χ4n) is 1.87. The SMILES string of the molecule is Cc1[nH]nc2c(NCc3ccnc(N)c3)ncnc12. The number of pyridine rings is 1. The Balaban J connectivity index is 1.86. The Labute approximate surface area is 109 Å². The summed E-state index contributed by atoms with van der Waals surface area (Å²) in [6.07, 6.45) is 3.20. The van der Waals surface area contributed by atoms with E-state index in [0.29, 0.717) is 18.2 Å². The van der Waals surface area contributed by atoms with Gasteiger partial charge in [-0.3, -0.25) is 5.10 Å². The maximum Gasteiger partial charge on any atom is 0.158 e. The molecule has 7 heteroatoms. The van der Waals surface area contributed by atoms with Gasteiger partial charge in [-0.05, 0) is 24.6 Å². The van der Waals surface area contributed by atoms with Crippen molar-refractivity contribution in [2.24, 2.45) is 0 Å². The molecule has 0 atom stereocenters. The summed E-state index contributed by atoms with van der Waals surface area (Å²) in [6, 6.07) is 3.72. The molecule has 19 heavy (non-hydrogen) atoms. The van der Waals surface area contributed by atoms with E-state index < -0.39 is 0 Å². The Kier molecular flexibility index (Phi) is 2.71. The van der Waals surface area contributed by atoms with Crippen molar-refractivity contribution in [3.05, 3.63) is 35.9 Å². The molecule has 0 saturated heterocycles. The molecule has 0 saturated carbocycles. The standard InChI is InChI=1S/C12H13N7/c1-7-10-11(19-18-7)12(17-6-16-10)15-5-8-2-3-14-9(13)4-8/h2-4,6H,5H2,1H3,(H2,13,14)(H,18,19)(H,15,16,17). The molecule has 0 spiro atoms. The molecule has 0 radical (unpaired) electrons. The Morgan fingerprint density at radius 1 is 1.26 bits per heavy atom. The van der Waals surface area contributed by atoms with Crippen molar-refractivity contribution in [3.8, 4) is 0 Å². The van der Waals surface area contributed by atoms with E-state index in [1.807, 2.05) is 19.1 Å². The van der Waals surface area contributed by atoms with Gasteiger partial charge in [0.25, 0.3) is 0 Å². The summed E-state index contributed by atoms with van der Waals surface area (Å²) >= 11 is 0. The van der Waals surface area contributed by atoms with Gasteiger partial charge in [-0.1, -0.05) is 0 Å². The quantitative estimate of drug-likeness (QED) is 0.650. The third-order valence-electron chi connectivity index (χ3n) is 2.82. The zero-order chi connectivity index (χ0) is 13.2. The molecule has 0 unspecified atom stereocenters. The maximum atomic E-state index is 5.64. The summed E-state index contributed by atoms with van der Waals surface area (Å²) in [6.45, 7) is 2.53. The number of rotatable bonds is 3. The molecule has 0 fully saturated rings. The third kappa shape index (κ3) is 2.17. The number of anilines is 2. The zero-order valence-electron chi connectivity index (χ0n) is 10.4. The minimum Gasteiger partial charge on any atom is -0.384 e. The van der Waals surface area contributed by atoms with Crippen molar-refractivity contribution in [1.82, 2.24) is 25.1 Å². The van der Waals surface area contributed by atoms with Gasteiger partial charge in [-0.2, -0.15) is 5.10 Å². The summed E-state index contributed by atoms with van der Waals surface area (Å²) in [5.74, 6) is 1.20. The lowest BCUT2D eigenvalue weighted by atomic mass is 10.2. The summed E-state index contributed by atoms with van der Waals surface area (Å²) in [4.78, 5) is 12.4. The van der Waals surface area contributed by atoms with Crippen molar-refractivity contribution in [2.75, 3.05) is 11.1 Å². The molecule has 7 nitrogen and oxygen atoms in total. The molecule has 3 aromatic heterocycles. The van der Waals surface area contributed by atoms with E-state index in [2.05, 4.69) is 30.5 Å². The van der Waals surface area contributed by atoms with Gasteiger partial charge in [0.2, 0.25) is 0 Å². The number of H-pyrrole nitrogens is 1. The van der Waals surface area contributed by atoms with Gasteiger partial charge >= 0.3 is 0 Å². The first kappa shape index (κ1) is 11.4. The number of nitrogen functional groups attached to an aromatic ring is 1. The second kappa shape index (κ2) is 4.52. The highest BCUT2D eigenvalue weighted by Crippen LogP contribution is 2.19. The molecule has 0 bridgehead atoms. The van der Waals surface area contributed by atoms with Crippen molar-refractivity contribution in [2.45, 2.75) is 13.5 Å². The number of nitrogens with two attached hydrogens (primary N) is 1. The number of fused-ring (bicyclic) bond motifs is 1. The Hall–Kier alpha value is -2.70. The number of hydrogen-bond acceptors (Lipinski definition) is 6. The second-order valence-electron chi connectivity index (χ2n) is 4.21. The predicted octanol–water partition coefficient (Wildman–Crippen LogP) is 1.25. The van der Waals surface area contributed by atoms with Crippen LogP contribution in [-0.2, 0) is 6.54 Å². The van der Waals surface area contributed by atoms with Gasteiger partial charge < -0.3 is 11.1 Å². The molecule has 3 aromatic rings. The highest BCUT2D eigenvalue weighted by Gasteiger charge is 2.08. The van der Waals surface area contributed by atoms with E-state index in [1.165, 1.54) is 6.33 Å². The summed E-state index contributed by atoms with van der Waals surface area (Å²) in [7, 11) is 0. The van der Waals surface area contributed by atoms with E-state index in [0.717, 1.165) is 22.3 Å². The minimum absolute atomic E-state index is 0.503. The molecule has 0 amide bonds. The summed E-state index contributed by atoms with van der Waals surface area (Å²) in [5.41, 5.74) is 9.16. The first-order valence-electron chi connectivity index (χ1n) is 5.84. The molecule has 96 valence electrons. The van der Waals surface area contributed by atoms with Crippen LogP contribution in [0.5, 0.6) is 0 Å². The Morgan fingerprint density at radius 2 is 2.16 bits per heavy atom. The van der Waals surface area contributed by atoms with E-state index in [4.69, 9.17) is 5.73 Å². The molecule has 0 aromatic carbocycles. The van der Waals surface area contributed by atoms with Crippen molar-refractivity contribution in [3.63, 3.8) is 0 Å². The predicted molar refractivity (Wildman–Crippen MR) is 72.4 cm³/mol. The van der Waals surface area contributed by atoms with Gasteiger partial charge in [0.1, 0.15) is 17.7 Å². The van der Waals surface area contributed by atoms with Crippen LogP contribution in [0, 0.1) is 6.92 Å². The summed E-state index contributed by atoms with van der Waals surface area (Å²) < 4.78 is 0. The number of aromatic amines is 1. The molecular weight excluding hydrogens is 242 g/mol. The van der Waals surface area contributed by atoms with E-state index >= 15 is 0 Å². The van der Waals surface area contributed by atoms with E-state index in [1.54, 1.807) is 6.20 Å². The Morgan fingerprint density at radius 3 is 3.00 bits per heavy atom. The fourth-order valence-corrected chi connectivity index (χ4v) is 1.87. The van der Waals surface area contributed by atoms with Crippen molar-refractivity contribution in [1.29, 1.82) is 0 Å². The van der Waals surface area contributed by atoms with Crippen LogP contribution in [0.15, 0.2) is 24.7 Å². The lowest BCUT2D eigenvalue weighted by Gasteiger charge is -2.06. The first-order valence-corrected chi connectivity index (χ1v) is 5.84. The topological polar surface area (TPSA) is 105 Å². The lowest BCUT2D eigenvalue weighted by molar-refractivity contribution is 1.06. The minimum atomic E-state index is 0.503. The fraction of sp³-hybridized carbons (Fsp3) is 0.167. The monoisotopic (exact) mass is 255 g/mol. The van der Waals surface area contributed by atoms with Crippen LogP contribution in [-0.4, -0.2) is 25.1 Å². The molecule has 3 rings (SSSR count). The van der Waals surface area contributed by atoms with Crippen molar-refractivity contribution >= 4 is 22.7 Å². The zero-order valence-corrected chi connectivity index (χ0v) is 10.4. The molecule has 4 N–H and O–H groups in total. The number of nitrogens with one attached hydrogen (secondary N) is 2. The Bertz CT molecular complexity index is 719. The molecule has 0 aliphatic heterocycles. The average molecular weight is 255 g/mol. The maximum absolute atomic E-state index is 5.64. The van der Waals surface area contributed by atoms with Crippen LogP contribution in [0.25, 0.3) is 11.0 Å². The lowest BCUT2D eigenvalue weighted by Crippen LogP contribution is -2.03. The number of aryl methyl sites for hydroxylation is 1. The average Bonchev–Trinajstić information content (AvgIpc) is 2.79. The molecule has 0 aliphatic carbocycles. The first-order chi connectivity index (χ1) is 9.24. The van der Waals surface area contributed by atoms with Gasteiger partial charge in [0.15, 0.2) is 11.3 Å². The van der Waals surface area contributed by atoms with Gasteiger partial charge in [0, 0.05) is 12.7 Å². The van der Waals surface area contributed by atoms with Crippen molar-refractivity contribution < 1.29 is 0 Å². The van der Waals surface area contributed by atoms with E-state index in [9.17, 15) is 0 Å². The second-order valence-corrected chi connectivity index (χ2v) is 4.21.